The van der Waals surface area contributed by atoms with Crippen LogP contribution < -0.4 is 10.1 Å². The summed E-state index contributed by atoms with van der Waals surface area (Å²) in [5, 5.41) is 3.06. The second kappa shape index (κ2) is 5.84. The van der Waals surface area contributed by atoms with Gasteiger partial charge in [-0.2, -0.15) is 0 Å². The first-order chi connectivity index (χ1) is 6.36. The van der Waals surface area contributed by atoms with E-state index in [0.29, 0.717) is 6.00 Å². The van der Waals surface area contributed by atoms with Crippen LogP contribution in [0.2, 0.25) is 0 Å². The predicted molar refractivity (Wildman–Crippen MR) is 55.4 cm³/mol. The lowest BCUT2D eigenvalue weighted by Gasteiger charge is -2.03. The topological polar surface area (TPSA) is 21.3 Å². The van der Waals surface area contributed by atoms with Crippen molar-refractivity contribution < 1.29 is 4.74 Å². The molecule has 0 spiro atoms. The fourth-order valence-corrected chi connectivity index (χ4v) is 1.23. The van der Waals surface area contributed by atoms with E-state index in [4.69, 9.17) is 16.3 Å². The molecule has 0 saturated heterocycles. The van der Waals surface area contributed by atoms with Crippen LogP contribution in [0.4, 0.5) is 0 Å². The van der Waals surface area contributed by atoms with E-state index in [9.17, 15) is 0 Å². The normalized spacial score (nSPS) is 10.0. The van der Waals surface area contributed by atoms with Crippen LogP contribution in [0, 0.1) is 0 Å². The number of nitrogens with one attached hydrogen (secondary N) is 1. The van der Waals surface area contributed by atoms with Gasteiger partial charge < -0.3 is 10.1 Å². The number of benzene rings is 1. The van der Waals surface area contributed by atoms with E-state index >= 15 is 0 Å². The van der Waals surface area contributed by atoms with Gasteiger partial charge in [0.05, 0.1) is 13.1 Å². The summed E-state index contributed by atoms with van der Waals surface area (Å²) in [5.41, 5.74) is 1.29. The Morgan fingerprint density at radius 3 is 2.54 bits per heavy atom. The third kappa shape index (κ3) is 3.66. The van der Waals surface area contributed by atoms with Gasteiger partial charge in [0.15, 0.2) is 0 Å². The minimum Gasteiger partial charge on any atom is -0.497 e. The molecule has 0 fully saturated rings. The van der Waals surface area contributed by atoms with E-state index in [1.165, 1.54) is 5.56 Å². The standard InChI is InChI=1S/C10H14ClNO/c1-13-10-4-2-9(3-5-10)6-7-12-8-11/h2-5,12H,6-8H2,1H3. The molecule has 72 valence electrons. The van der Waals surface area contributed by atoms with Gasteiger partial charge in [-0.25, -0.2) is 0 Å². The van der Waals surface area contributed by atoms with Crippen LogP contribution >= 0.6 is 11.6 Å². The lowest BCUT2D eigenvalue weighted by atomic mass is 10.1. The number of halogens is 1. The third-order valence-corrected chi connectivity index (χ3v) is 2.03. The van der Waals surface area contributed by atoms with Crippen molar-refractivity contribution in [3.8, 4) is 5.75 Å². The molecule has 0 heterocycles. The number of hydrogen-bond donors (Lipinski definition) is 1. The van der Waals surface area contributed by atoms with Gasteiger partial charge in [0.2, 0.25) is 0 Å². The number of methoxy groups -OCH3 is 1. The van der Waals surface area contributed by atoms with Gasteiger partial charge in [0.25, 0.3) is 0 Å². The lowest BCUT2D eigenvalue weighted by Crippen LogP contribution is -2.14. The van der Waals surface area contributed by atoms with Crippen molar-refractivity contribution in [3.05, 3.63) is 29.8 Å². The molecule has 3 heteroatoms. The van der Waals surface area contributed by atoms with E-state index < -0.39 is 0 Å². The average molecular weight is 200 g/mol. The van der Waals surface area contributed by atoms with Crippen molar-refractivity contribution >= 4 is 11.6 Å². The summed E-state index contributed by atoms with van der Waals surface area (Å²) in [6.45, 7) is 0.913. The van der Waals surface area contributed by atoms with Crippen molar-refractivity contribution in [1.29, 1.82) is 0 Å². The summed E-state index contributed by atoms with van der Waals surface area (Å²) < 4.78 is 5.06. The van der Waals surface area contributed by atoms with Crippen molar-refractivity contribution in [2.75, 3.05) is 19.7 Å². The smallest absolute Gasteiger partial charge is 0.118 e. The molecule has 1 N–H and O–H groups in total. The number of hydrogen-bond acceptors (Lipinski definition) is 2. The van der Waals surface area contributed by atoms with Crippen molar-refractivity contribution in [2.45, 2.75) is 6.42 Å². The Hall–Kier alpha value is -0.730. The van der Waals surface area contributed by atoms with E-state index in [-0.39, 0.29) is 0 Å². The van der Waals surface area contributed by atoms with Gasteiger partial charge in [0, 0.05) is 6.54 Å². The lowest BCUT2D eigenvalue weighted by molar-refractivity contribution is 0.414. The summed E-state index contributed by atoms with van der Waals surface area (Å²) in [5.74, 6) is 0.897. The van der Waals surface area contributed by atoms with Gasteiger partial charge in [-0.05, 0) is 24.1 Å². The molecule has 0 aliphatic carbocycles. The van der Waals surface area contributed by atoms with E-state index in [2.05, 4.69) is 17.4 Å². The highest BCUT2D eigenvalue weighted by atomic mass is 35.5. The molecule has 0 radical (unpaired) electrons. The fraction of sp³-hybridized carbons (Fsp3) is 0.400. The molecule has 0 aliphatic rings. The Kier molecular flexibility index (Phi) is 4.65. The van der Waals surface area contributed by atoms with E-state index in [1.807, 2.05) is 12.1 Å². The summed E-state index contributed by atoms with van der Waals surface area (Å²) in [7, 11) is 1.67. The maximum Gasteiger partial charge on any atom is 0.118 e. The molecule has 1 aromatic carbocycles. The molecule has 1 rings (SSSR count). The SMILES string of the molecule is COc1ccc(CCNCCl)cc1. The molecule has 2 nitrogen and oxygen atoms in total. The van der Waals surface area contributed by atoms with Gasteiger partial charge >= 0.3 is 0 Å². The maximum absolute atomic E-state index is 5.48. The van der Waals surface area contributed by atoms with Crippen LogP contribution in [-0.2, 0) is 6.42 Å². The third-order valence-electron chi connectivity index (χ3n) is 1.84. The molecule has 13 heavy (non-hydrogen) atoms. The number of ether oxygens (including phenoxy) is 1. The Morgan fingerprint density at radius 1 is 1.31 bits per heavy atom. The minimum absolute atomic E-state index is 0.510. The zero-order valence-electron chi connectivity index (χ0n) is 7.72. The molecule has 0 unspecified atom stereocenters. The Morgan fingerprint density at radius 2 is 2.00 bits per heavy atom. The van der Waals surface area contributed by atoms with Crippen LogP contribution in [-0.4, -0.2) is 19.7 Å². The molecule has 0 saturated carbocycles. The van der Waals surface area contributed by atoms with Gasteiger partial charge in [0.1, 0.15) is 5.75 Å². The predicted octanol–water partition coefficient (Wildman–Crippen LogP) is 2.02. The van der Waals surface area contributed by atoms with Crippen molar-refractivity contribution in [1.82, 2.24) is 5.32 Å². The molecule has 0 atom stereocenters. The van der Waals surface area contributed by atoms with E-state index in [1.54, 1.807) is 7.11 Å². The molecule has 0 bridgehead atoms. The summed E-state index contributed by atoms with van der Waals surface area (Å²) in [6.07, 6.45) is 0.997. The minimum atomic E-state index is 0.510. The Bertz CT molecular complexity index is 235. The highest BCUT2D eigenvalue weighted by Gasteiger charge is 1.93. The quantitative estimate of drug-likeness (QED) is 0.445. The molecule has 0 aromatic heterocycles. The first kappa shape index (κ1) is 10.4. The number of rotatable bonds is 5. The second-order valence-corrected chi connectivity index (χ2v) is 3.00. The molecule has 0 amide bonds. The molecule has 0 aliphatic heterocycles. The fourth-order valence-electron chi connectivity index (χ4n) is 1.09. The summed E-state index contributed by atoms with van der Waals surface area (Å²) in [4.78, 5) is 0. The zero-order chi connectivity index (χ0) is 9.52. The zero-order valence-corrected chi connectivity index (χ0v) is 8.47. The first-order valence-electron chi connectivity index (χ1n) is 4.26. The van der Waals surface area contributed by atoms with Gasteiger partial charge in [-0.3, -0.25) is 0 Å². The maximum atomic E-state index is 5.48. The molecule has 1 aromatic rings. The summed E-state index contributed by atoms with van der Waals surface area (Å²) >= 11 is 5.48. The average Bonchev–Trinajstić information content (AvgIpc) is 2.19. The second-order valence-electron chi connectivity index (χ2n) is 2.73. The van der Waals surface area contributed by atoms with Crippen LogP contribution in [0.1, 0.15) is 5.56 Å². The van der Waals surface area contributed by atoms with Crippen LogP contribution in [0.3, 0.4) is 0 Å². The highest BCUT2D eigenvalue weighted by Crippen LogP contribution is 2.11. The van der Waals surface area contributed by atoms with Crippen molar-refractivity contribution in [3.63, 3.8) is 0 Å². The van der Waals surface area contributed by atoms with Crippen LogP contribution in [0.25, 0.3) is 0 Å². The summed E-state index contributed by atoms with van der Waals surface area (Å²) in [6, 6.07) is 8.58. The van der Waals surface area contributed by atoms with Crippen molar-refractivity contribution in [2.24, 2.45) is 0 Å². The molecular weight excluding hydrogens is 186 g/mol. The van der Waals surface area contributed by atoms with Gasteiger partial charge in [-0.1, -0.05) is 12.1 Å². The monoisotopic (exact) mass is 199 g/mol. The highest BCUT2D eigenvalue weighted by molar-refractivity contribution is 6.17. The Balaban J connectivity index is 2.40. The first-order valence-corrected chi connectivity index (χ1v) is 4.80. The Labute approximate surface area is 83.9 Å². The molecular formula is C10H14ClNO. The van der Waals surface area contributed by atoms with Crippen LogP contribution in [0.5, 0.6) is 5.75 Å². The van der Waals surface area contributed by atoms with Crippen LogP contribution in [0.15, 0.2) is 24.3 Å². The largest absolute Gasteiger partial charge is 0.497 e. The number of alkyl halides is 1. The van der Waals surface area contributed by atoms with Gasteiger partial charge in [-0.15, -0.1) is 11.6 Å². The van der Waals surface area contributed by atoms with E-state index in [0.717, 1.165) is 18.7 Å².